The van der Waals surface area contributed by atoms with Crippen molar-refractivity contribution in [1.82, 2.24) is 14.9 Å². The number of morpholine rings is 1. The maximum Gasteiger partial charge on any atom is 0.242 e. The normalized spacial score (nSPS) is 15.9. The van der Waals surface area contributed by atoms with E-state index in [2.05, 4.69) is 20.2 Å². The van der Waals surface area contributed by atoms with Crippen molar-refractivity contribution in [2.75, 3.05) is 57.1 Å². The minimum atomic E-state index is 0.471. The zero-order valence-corrected chi connectivity index (χ0v) is 12.9. The molecule has 0 saturated carbocycles. The summed E-state index contributed by atoms with van der Waals surface area (Å²) >= 11 is 0. The van der Waals surface area contributed by atoms with E-state index in [1.165, 1.54) is 0 Å². The van der Waals surface area contributed by atoms with Gasteiger partial charge in [0.25, 0.3) is 0 Å². The van der Waals surface area contributed by atoms with Crippen LogP contribution in [0.15, 0.2) is 0 Å². The summed E-state index contributed by atoms with van der Waals surface area (Å²) in [6.07, 6.45) is 0.919. The van der Waals surface area contributed by atoms with Crippen molar-refractivity contribution < 1.29 is 9.47 Å². The van der Waals surface area contributed by atoms with Crippen LogP contribution in [-0.4, -0.2) is 60.9 Å². The summed E-state index contributed by atoms with van der Waals surface area (Å²) in [6.45, 7) is 9.79. The van der Waals surface area contributed by atoms with Crippen molar-refractivity contribution >= 4 is 11.5 Å². The first-order valence-corrected chi connectivity index (χ1v) is 7.51. The number of anilines is 2. The number of ether oxygens (including phenoxy) is 2. The van der Waals surface area contributed by atoms with Gasteiger partial charge in [-0.1, -0.05) is 6.92 Å². The SMILES string of the molecule is CCCOc1nc(C)nc(NCCN2CCOCC2)c1N. The summed E-state index contributed by atoms with van der Waals surface area (Å²) in [7, 11) is 0. The van der Waals surface area contributed by atoms with Crippen molar-refractivity contribution in [3.63, 3.8) is 0 Å². The van der Waals surface area contributed by atoms with Crippen LogP contribution in [0, 0.1) is 6.92 Å². The van der Waals surface area contributed by atoms with E-state index in [1.54, 1.807) is 0 Å². The molecule has 0 aromatic carbocycles. The van der Waals surface area contributed by atoms with E-state index < -0.39 is 0 Å². The van der Waals surface area contributed by atoms with Crippen LogP contribution in [0.3, 0.4) is 0 Å². The van der Waals surface area contributed by atoms with Crippen LogP contribution < -0.4 is 15.8 Å². The highest BCUT2D eigenvalue weighted by molar-refractivity contribution is 5.66. The minimum Gasteiger partial charge on any atom is -0.476 e. The van der Waals surface area contributed by atoms with Crippen molar-refractivity contribution in [1.29, 1.82) is 0 Å². The number of aromatic nitrogens is 2. The molecule has 0 radical (unpaired) electrons. The van der Waals surface area contributed by atoms with E-state index in [-0.39, 0.29) is 0 Å². The molecular formula is C14H25N5O2. The number of nitrogens with two attached hydrogens (primary N) is 1. The van der Waals surface area contributed by atoms with Gasteiger partial charge in [0.05, 0.1) is 19.8 Å². The average Bonchev–Trinajstić information content (AvgIpc) is 2.50. The van der Waals surface area contributed by atoms with Gasteiger partial charge in [0.1, 0.15) is 11.5 Å². The molecule has 21 heavy (non-hydrogen) atoms. The first-order valence-electron chi connectivity index (χ1n) is 7.51. The highest BCUT2D eigenvalue weighted by Crippen LogP contribution is 2.25. The number of nitrogens with zero attached hydrogens (tertiary/aromatic N) is 3. The van der Waals surface area contributed by atoms with Crippen molar-refractivity contribution in [2.45, 2.75) is 20.3 Å². The fraction of sp³-hybridized carbons (Fsp3) is 0.714. The van der Waals surface area contributed by atoms with Gasteiger partial charge in [0.2, 0.25) is 5.88 Å². The average molecular weight is 295 g/mol. The van der Waals surface area contributed by atoms with Gasteiger partial charge >= 0.3 is 0 Å². The number of rotatable bonds is 7. The lowest BCUT2D eigenvalue weighted by atomic mass is 10.4. The fourth-order valence-electron chi connectivity index (χ4n) is 2.16. The van der Waals surface area contributed by atoms with Gasteiger partial charge in [-0.25, -0.2) is 4.98 Å². The van der Waals surface area contributed by atoms with Gasteiger partial charge in [-0.15, -0.1) is 0 Å². The lowest BCUT2D eigenvalue weighted by molar-refractivity contribution is 0.0398. The summed E-state index contributed by atoms with van der Waals surface area (Å²) in [5.41, 5.74) is 6.55. The second-order valence-corrected chi connectivity index (χ2v) is 5.07. The summed E-state index contributed by atoms with van der Waals surface area (Å²) < 4.78 is 10.9. The van der Waals surface area contributed by atoms with Gasteiger partial charge in [-0.3, -0.25) is 4.90 Å². The van der Waals surface area contributed by atoms with E-state index in [0.29, 0.717) is 29.8 Å². The molecular weight excluding hydrogens is 270 g/mol. The Morgan fingerprint density at radius 2 is 2.10 bits per heavy atom. The molecule has 1 aliphatic heterocycles. The van der Waals surface area contributed by atoms with Gasteiger partial charge < -0.3 is 20.5 Å². The van der Waals surface area contributed by atoms with Gasteiger partial charge in [0, 0.05) is 26.2 Å². The zero-order chi connectivity index (χ0) is 15.1. The van der Waals surface area contributed by atoms with E-state index >= 15 is 0 Å². The predicted octanol–water partition coefficient (Wildman–Crippen LogP) is 0.900. The summed E-state index contributed by atoms with van der Waals surface area (Å²) in [6, 6.07) is 0. The fourth-order valence-corrected chi connectivity index (χ4v) is 2.16. The largest absolute Gasteiger partial charge is 0.476 e. The molecule has 0 atom stereocenters. The van der Waals surface area contributed by atoms with Crippen molar-refractivity contribution in [2.24, 2.45) is 0 Å². The molecule has 0 spiro atoms. The highest BCUT2D eigenvalue weighted by Gasteiger charge is 2.13. The second kappa shape index (κ2) is 7.99. The molecule has 0 aliphatic carbocycles. The lowest BCUT2D eigenvalue weighted by Gasteiger charge is -2.26. The molecule has 1 aromatic rings. The molecule has 7 heteroatoms. The van der Waals surface area contributed by atoms with Crippen LogP contribution in [0.1, 0.15) is 19.2 Å². The van der Waals surface area contributed by atoms with Gasteiger partial charge in [-0.2, -0.15) is 4.98 Å². The lowest BCUT2D eigenvalue weighted by Crippen LogP contribution is -2.39. The second-order valence-electron chi connectivity index (χ2n) is 5.07. The van der Waals surface area contributed by atoms with E-state index in [1.807, 2.05) is 13.8 Å². The molecule has 118 valence electrons. The Hall–Kier alpha value is -1.60. The Morgan fingerprint density at radius 1 is 1.33 bits per heavy atom. The Kier molecular flexibility index (Phi) is 6.01. The number of hydrogen-bond acceptors (Lipinski definition) is 7. The van der Waals surface area contributed by atoms with E-state index in [4.69, 9.17) is 15.2 Å². The number of hydrogen-bond donors (Lipinski definition) is 2. The Morgan fingerprint density at radius 3 is 2.81 bits per heavy atom. The smallest absolute Gasteiger partial charge is 0.242 e. The van der Waals surface area contributed by atoms with E-state index in [0.717, 1.165) is 45.8 Å². The summed E-state index contributed by atoms with van der Waals surface area (Å²) in [5.74, 6) is 1.78. The molecule has 0 bridgehead atoms. The zero-order valence-electron chi connectivity index (χ0n) is 12.9. The first kappa shape index (κ1) is 15.8. The van der Waals surface area contributed by atoms with Crippen molar-refractivity contribution in [3.8, 4) is 5.88 Å². The third-order valence-electron chi connectivity index (χ3n) is 3.29. The monoisotopic (exact) mass is 295 g/mol. The molecule has 0 unspecified atom stereocenters. The van der Waals surface area contributed by atoms with Crippen LogP contribution in [0.2, 0.25) is 0 Å². The first-order chi connectivity index (χ1) is 10.2. The van der Waals surface area contributed by atoms with Gasteiger partial charge in [0.15, 0.2) is 5.82 Å². The third kappa shape index (κ3) is 4.71. The highest BCUT2D eigenvalue weighted by atomic mass is 16.5. The van der Waals surface area contributed by atoms with E-state index in [9.17, 15) is 0 Å². The van der Waals surface area contributed by atoms with Crippen LogP contribution in [0.25, 0.3) is 0 Å². The standard InChI is InChI=1S/C14H25N5O2/c1-3-8-21-14-12(15)13(17-11(2)18-14)16-4-5-19-6-9-20-10-7-19/h3-10,15H2,1-2H3,(H,16,17,18). The Labute approximate surface area is 125 Å². The van der Waals surface area contributed by atoms with Gasteiger partial charge in [-0.05, 0) is 13.3 Å². The van der Waals surface area contributed by atoms with Crippen LogP contribution in [0.5, 0.6) is 5.88 Å². The number of nitrogen functional groups attached to an aromatic ring is 1. The minimum absolute atomic E-state index is 0.471. The Bertz CT molecular complexity index is 449. The molecule has 1 aliphatic rings. The van der Waals surface area contributed by atoms with Crippen molar-refractivity contribution in [3.05, 3.63) is 5.82 Å². The quantitative estimate of drug-likeness (QED) is 0.773. The maximum atomic E-state index is 6.07. The molecule has 2 heterocycles. The topological polar surface area (TPSA) is 85.5 Å². The predicted molar refractivity (Wildman–Crippen MR) is 82.7 cm³/mol. The maximum absolute atomic E-state index is 6.07. The number of aryl methyl sites for hydroxylation is 1. The molecule has 1 saturated heterocycles. The summed E-state index contributed by atoms with van der Waals surface area (Å²) in [4.78, 5) is 11.0. The van der Waals surface area contributed by atoms with Crippen LogP contribution in [0.4, 0.5) is 11.5 Å². The Balaban J connectivity index is 1.90. The summed E-state index contributed by atoms with van der Waals surface area (Å²) in [5, 5.41) is 3.28. The van der Waals surface area contributed by atoms with Crippen LogP contribution >= 0.6 is 0 Å². The molecule has 2 rings (SSSR count). The molecule has 0 amide bonds. The molecule has 1 fully saturated rings. The third-order valence-corrected chi connectivity index (χ3v) is 3.29. The molecule has 7 nitrogen and oxygen atoms in total. The molecule has 1 aromatic heterocycles. The molecule has 3 N–H and O–H groups in total. The van der Waals surface area contributed by atoms with Crippen LogP contribution in [-0.2, 0) is 4.74 Å². The number of nitrogens with one attached hydrogen (secondary N) is 1.